The second-order valence-electron chi connectivity index (χ2n) is 4.33. The molecule has 0 aliphatic rings. The molecule has 0 N–H and O–H groups in total. The van der Waals surface area contributed by atoms with Crippen molar-refractivity contribution < 1.29 is 19.1 Å². The molecule has 0 unspecified atom stereocenters. The van der Waals surface area contributed by atoms with Gasteiger partial charge in [0.2, 0.25) is 0 Å². The number of benzene rings is 1. The lowest BCUT2D eigenvalue weighted by Gasteiger charge is -2.09. The number of Topliss-reactive ketones (excluding diaryl/α,β-unsaturated/α-hetero) is 2. The molecule has 1 aromatic heterocycles. The quantitative estimate of drug-likeness (QED) is 0.603. The second kappa shape index (κ2) is 6.65. The summed E-state index contributed by atoms with van der Waals surface area (Å²) in [5.74, 6) is 0.388. The Morgan fingerprint density at radius 1 is 1.00 bits per heavy atom. The van der Waals surface area contributed by atoms with E-state index in [2.05, 4.69) is 4.98 Å². The Kier molecular flexibility index (Phi) is 4.66. The number of carbonyl (C=O) groups excluding carboxylic acids is 2. The SMILES string of the molecule is COc1ccc(OC)c(C(=O)CC(=O)c2ccncc2)c1. The first-order valence-corrected chi connectivity index (χ1v) is 6.34. The Hall–Kier alpha value is -2.69. The van der Waals surface area contributed by atoms with Gasteiger partial charge in [-0.2, -0.15) is 0 Å². The van der Waals surface area contributed by atoms with Crippen molar-refractivity contribution in [1.29, 1.82) is 0 Å². The van der Waals surface area contributed by atoms with Crippen LogP contribution in [0.4, 0.5) is 0 Å². The Balaban J connectivity index is 2.22. The largest absolute Gasteiger partial charge is 0.497 e. The summed E-state index contributed by atoms with van der Waals surface area (Å²) in [6, 6.07) is 8.07. The van der Waals surface area contributed by atoms with Crippen LogP contribution in [0.5, 0.6) is 11.5 Å². The topological polar surface area (TPSA) is 65.5 Å². The second-order valence-corrected chi connectivity index (χ2v) is 4.33. The fourth-order valence-corrected chi connectivity index (χ4v) is 1.91. The maximum absolute atomic E-state index is 12.3. The smallest absolute Gasteiger partial charge is 0.174 e. The number of ketones is 2. The number of methoxy groups -OCH3 is 2. The lowest BCUT2D eigenvalue weighted by Crippen LogP contribution is -2.10. The summed E-state index contributed by atoms with van der Waals surface area (Å²) in [7, 11) is 2.99. The molecule has 5 heteroatoms. The van der Waals surface area contributed by atoms with Crippen molar-refractivity contribution in [2.75, 3.05) is 14.2 Å². The third kappa shape index (κ3) is 3.45. The van der Waals surface area contributed by atoms with Crippen LogP contribution < -0.4 is 9.47 Å². The maximum Gasteiger partial charge on any atom is 0.174 e. The van der Waals surface area contributed by atoms with Gasteiger partial charge in [0.1, 0.15) is 11.5 Å². The first-order valence-electron chi connectivity index (χ1n) is 6.34. The Bertz CT molecular complexity index is 653. The average molecular weight is 285 g/mol. The van der Waals surface area contributed by atoms with E-state index in [0.717, 1.165) is 0 Å². The standard InChI is InChI=1S/C16H15NO4/c1-20-12-3-4-16(21-2)13(9-12)15(19)10-14(18)11-5-7-17-8-6-11/h3-9H,10H2,1-2H3. The number of hydrogen-bond donors (Lipinski definition) is 0. The minimum absolute atomic E-state index is 0.229. The minimum Gasteiger partial charge on any atom is -0.497 e. The molecular weight excluding hydrogens is 270 g/mol. The van der Waals surface area contributed by atoms with E-state index < -0.39 is 0 Å². The minimum atomic E-state index is -0.312. The van der Waals surface area contributed by atoms with Crippen LogP contribution in [0.3, 0.4) is 0 Å². The number of nitrogens with zero attached hydrogens (tertiary/aromatic N) is 1. The van der Waals surface area contributed by atoms with Gasteiger partial charge >= 0.3 is 0 Å². The van der Waals surface area contributed by atoms with Crippen molar-refractivity contribution in [2.24, 2.45) is 0 Å². The summed E-state index contributed by atoms with van der Waals surface area (Å²) in [5, 5.41) is 0. The molecular formula is C16H15NO4. The average Bonchev–Trinajstić information content (AvgIpc) is 2.54. The fraction of sp³-hybridized carbons (Fsp3) is 0.188. The molecule has 0 aliphatic heterocycles. The lowest BCUT2D eigenvalue weighted by atomic mass is 10.0. The third-order valence-electron chi connectivity index (χ3n) is 3.03. The van der Waals surface area contributed by atoms with E-state index in [1.54, 1.807) is 30.3 Å². The molecule has 0 amide bonds. The van der Waals surface area contributed by atoms with E-state index in [1.165, 1.54) is 26.6 Å². The van der Waals surface area contributed by atoms with Gasteiger partial charge in [0.15, 0.2) is 11.6 Å². The van der Waals surface area contributed by atoms with Crippen LogP contribution in [0.15, 0.2) is 42.7 Å². The molecule has 1 aromatic carbocycles. The molecule has 2 rings (SSSR count). The highest BCUT2D eigenvalue weighted by Gasteiger charge is 2.18. The molecule has 0 atom stereocenters. The highest BCUT2D eigenvalue weighted by atomic mass is 16.5. The van der Waals surface area contributed by atoms with Gasteiger partial charge in [-0.15, -0.1) is 0 Å². The van der Waals surface area contributed by atoms with Gasteiger partial charge in [-0.3, -0.25) is 14.6 Å². The molecule has 0 saturated carbocycles. The molecule has 0 aliphatic carbocycles. The number of aromatic nitrogens is 1. The van der Waals surface area contributed by atoms with E-state index >= 15 is 0 Å². The van der Waals surface area contributed by atoms with Gasteiger partial charge in [0.25, 0.3) is 0 Å². The number of hydrogen-bond acceptors (Lipinski definition) is 5. The number of rotatable bonds is 6. The first-order chi connectivity index (χ1) is 10.2. The Morgan fingerprint density at radius 3 is 2.33 bits per heavy atom. The molecule has 1 heterocycles. The zero-order chi connectivity index (χ0) is 15.2. The Labute approximate surface area is 122 Å². The summed E-state index contributed by atoms with van der Waals surface area (Å²) in [6.07, 6.45) is 2.81. The molecule has 0 bridgehead atoms. The number of carbonyl (C=O) groups is 2. The highest BCUT2D eigenvalue weighted by molar-refractivity contribution is 6.14. The van der Waals surface area contributed by atoms with Crippen LogP contribution in [-0.4, -0.2) is 30.8 Å². The van der Waals surface area contributed by atoms with Crippen LogP contribution in [0.25, 0.3) is 0 Å². The zero-order valence-electron chi connectivity index (χ0n) is 11.8. The number of ether oxygens (including phenoxy) is 2. The van der Waals surface area contributed by atoms with Crippen LogP contribution >= 0.6 is 0 Å². The summed E-state index contributed by atoms with van der Waals surface area (Å²) in [5.41, 5.74) is 0.791. The summed E-state index contributed by atoms with van der Waals surface area (Å²) in [4.78, 5) is 28.2. The monoisotopic (exact) mass is 285 g/mol. The molecule has 0 spiro atoms. The molecule has 0 fully saturated rings. The van der Waals surface area contributed by atoms with Crippen molar-refractivity contribution >= 4 is 11.6 Å². The maximum atomic E-state index is 12.3. The van der Waals surface area contributed by atoms with E-state index in [1.807, 2.05) is 0 Å². The van der Waals surface area contributed by atoms with Crippen molar-refractivity contribution in [3.63, 3.8) is 0 Å². The summed E-state index contributed by atoms with van der Waals surface area (Å²) < 4.78 is 10.2. The predicted molar refractivity (Wildman–Crippen MR) is 77.1 cm³/mol. The van der Waals surface area contributed by atoms with Crippen LogP contribution in [-0.2, 0) is 0 Å². The fourth-order valence-electron chi connectivity index (χ4n) is 1.91. The summed E-state index contributed by atoms with van der Waals surface area (Å²) in [6.45, 7) is 0. The van der Waals surface area contributed by atoms with E-state index in [0.29, 0.717) is 22.6 Å². The van der Waals surface area contributed by atoms with Crippen LogP contribution in [0.1, 0.15) is 27.1 Å². The molecule has 2 aromatic rings. The van der Waals surface area contributed by atoms with Crippen molar-refractivity contribution in [1.82, 2.24) is 4.98 Å². The normalized spacial score (nSPS) is 10.0. The predicted octanol–water partition coefficient (Wildman–Crippen LogP) is 2.55. The molecule has 108 valence electrons. The van der Waals surface area contributed by atoms with E-state index in [-0.39, 0.29) is 18.0 Å². The van der Waals surface area contributed by atoms with Crippen LogP contribution in [0, 0.1) is 0 Å². The van der Waals surface area contributed by atoms with E-state index in [9.17, 15) is 9.59 Å². The Morgan fingerprint density at radius 2 is 1.71 bits per heavy atom. The molecule has 0 radical (unpaired) electrons. The van der Waals surface area contributed by atoms with Gasteiger partial charge in [-0.25, -0.2) is 0 Å². The van der Waals surface area contributed by atoms with Gasteiger partial charge < -0.3 is 9.47 Å². The third-order valence-corrected chi connectivity index (χ3v) is 3.03. The molecule has 0 saturated heterocycles. The van der Waals surface area contributed by atoms with Crippen LogP contribution in [0.2, 0.25) is 0 Å². The first kappa shape index (κ1) is 14.7. The van der Waals surface area contributed by atoms with Crippen molar-refractivity contribution in [3.05, 3.63) is 53.9 Å². The lowest BCUT2D eigenvalue weighted by molar-refractivity contribution is 0.0892. The van der Waals surface area contributed by atoms with Gasteiger partial charge in [-0.1, -0.05) is 0 Å². The summed E-state index contributed by atoms with van der Waals surface area (Å²) >= 11 is 0. The van der Waals surface area contributed by atoms with Gasteiger partial charge in [0, 0.05) is 18.0 Å². The molecule has 21 heavy (non-hydrogen) atoms. The molecule has 5 nitrogen and oxygen atoms in total. The van der Waals surface area contributed by atoms with E-state index in [4.69, 9.17) is 9.47 Å². The van der Waals surface area contributed by atoms with Gasteiger partial charge in [0.05, 0.1) is 26.2 Å². The van der Waals surface area contributed by atoms with Crippen molar-refractivity contribution in [2.45, 2.75) is 6.42 Å². The number of pyridine rings is 1. The van der Waals surface area contributed by atoms with Gasteiger partial charge in [-0.05, 0) is 30.3 Å². The highest BCUT2D eigenvalue weighted by Crippen LogP contribution is 2.25. The zero-order valence-corrected chi connectivity index (χ0v) is 11.8. The van der Waals surface area contributed by atoms with Crippen molar-refractivity contribution in [3.8, 4) is 11.5 Å².